The van der Waals surface area contributed by atoms with E-state index < -0.39 is 6.04 Å². The Labute approximate surface area is 285 Å². The molecule has 0 saturated heterocycles. The average Bonchev–Trinajstić information content (AvgIpc) is 3.54. The van der Waals surface area contributed by atoms with E-state index in [-0.39, 0.29) is 29.9 Å². The minimum absolute atomic E-state index is 0.115. The summed E-state index contributed by atoms with van der Waals surface area (Å²) in [6.07, 6.45) is 0. The molecule has 0 aliphatic rings. The fourth-order valence-electron chi connectivity index (χ4n) is 7.46. The van der Waals surface area contributed by atoms with Crippen LogP contribution < -0.4 is 4.90 Å². The number of para-hydroxylation sites is 4. The van der Waals surface area contributed by atoms with Crippen LogP contribution in [0.1, 0.15) is 6.85 Å². The van der Waals surface area contributed by atoms with Crippen molar-refractivity contribution in [2.24, 2.45) is 0 Å². The van der Waals surface area contributed by atoms with Crippen molar-refractivity contribution in [1.29, 1.82) is 0 Å². The van der Waals surface area contributed by atoms with Gasteiger partial charge in [-0.3, -0.25) is 0 Å². The van der Waals surface area contributed by atoms with E-state index in [4.69, 9.17) is 6.85 Å². The number of fused-ring (bicyclic) bond motifs is 3. The highest BCUT2D eigenvalue weighted by molar-refractivity contribution is 6.24. The van der Waals surface area contributed by atoms with Crippen molar-refractivity contribution in [2.45, 2.75) is 0 Å². The highest BCUT2D eigenvalue weighted by Crippen LogP contribution is 2.42. The summed E-state index contributed by atoms with van der Waals surface area (Å²) < 4.78 is 44.9. The summed E-state index contributed by atoms with van der Waals surface area (Å²) in [6.45, 7) is 0. The Balaban J connectivity index is 1.09. The summed E-state index contributed by atoms with van der Waals surface area (Å²) in [5.74, 6) is 0. The molecule has 10 aromatic rings. The molecule has 0 saturated carbocycles. The number of anilines is 3. The first-order valence-corrected chi connectivity index (χ1v) is 16.1. The van der Waals surface area contributed by atoms with Crippen LogP contribution in [-0.2, 0) is 0 Å². The maximum atomic E-state index is 8.82. The maximum Gasteiger partial charge on any atom is 0.0645 e. The van der Waals surface area contributed by atoms with Gasteiger partial charge in [-0.15, -0.1) is 0 Å². The number of benzene rings is 9. The fraction of sp³-hybridized carbons (Fsp3) is 0. The largest absolute Gasteiger partial charge is 0.310 e. The molecule has 0 N–H and O–H groups in total. The molecule has 224 valence electrons. The molecular formula is C46H30N2. The molecule has 0 unspecified atom stereocenters. The lowest BCUT2D eigenvalue weighted by Crippen LogP contribution is -2.09. The van der Waals surface area contributed by atoms with Gasteiger partial charge < -0.3 is 9.47 Å². The van der Waals surface area contributed by atoms with Crippen LogP contribution in [0.5, 0.6) is 0 Å². The first-order chi connectivity index (χ1) is 25.9. The number of aromatic nitrogens is 1. The molecular weight excluding hydrogens is 581 g/mol. The third kappa shape index (κ3) is 4.13. The monoisotopic (exact) mass is 615 g/mol. The van der Waals surface area contributed by atoms with Gasteiger partial charge in [0.25, 0.3) is 0 Å². The molecule has 0 amide bonds. The van der Waals surface area contributed by atoms with Gasteiger partial charge in [-0.25, -0.2) is 0 Å². The topological polar surface area (TPSA) is 8.17 Å². The van der Waals surface area contributed by atoms with Crippen molar-refractivity contribution in [2.75, 3.05) is 4.90 Å². The van der Waals surface area contributed by atoms with Crippen LogP contribution in [0.4, 0.5) is 17.1 Å². The first kappa shape index (κ1) is 22.2. The van der Waals surface area contributed by atoms with E-state index in [0.29, 0.717) is 11.4 Å². The Morgan fingerprint density at radius 3 is 1.52 bits per heavy atom. The lowest BCUT2D eigenvalue weighted by molar-refractivity contribution is 1.18. The molecule has 10 rings (SSSR count). The lowest BCUT2D eigenvalue weighted by atomic mass is 9.91. The Hall–Kier alpha value is -6.38. The van der Waals surface area contributed by atoms with E-state index in [1.54, 1.807) is 4.90 Å². The molecule has 2 heteroatoms. The van der Waals surface area contributed by atoms with E-state index in [1.165, 1.54) is 27.2 Å². The van der Waals surface area contributed by atoms with Crippen LogP contribution in [0, 0.1) is 0 Å². The van der Waals surface area contributed by atoms with Crippen LogP contribution in [0.2, 0.25) is 0 Å². The molecule has 0 fully saturated rings. The van der Waals surface area contributed by atoms with Crippen LogP contribution in [0.3, 0.4) is 0 Å². The summed E-state index contributed by atoms with van der Waals surface area (Å²) in [5, 5.41) is 9.08. The second-order valence-corrected chi connectivity index (χ2v) is 12.3. The fourth-order valence-corrected chi connectivity index (χ4v) is 7.46. The smallest absolute Gasteiger partial charge is 0.0645 e. The van der Waals surface area contributed by atoms with E-state index in [2.05, 4.69) is 126 Å². The zero-order valence-electron chi connectivity index (χ0n) is 30.8. The highest BCUT2D eigenvalue weighted by Gasteiger charge is 2.17. The van der Waals surface area contributed by atoms with Crippen molar-refractivity contribution in [3.8, 4) is 16.8 Å². The normalized spacial score (nSPS) is 13.2. The minimum atomic E-state index is -0.411. The van der Waals surface area contributed by atoms with E-state index >= 15 is 0 Å². The van der Waals surface area contributed by atoms with Crippen LogP contribution >= 0.6 is 0 Å². The Morgan fingerprint density at radius 2 is 0.938 bits per heavy atom. The molecule has 0 atom stereocenters. The van der Waals surface area contributed by atoms with Gasteiger partial charge in [0.1, 0.15) is 0 Å². The van der Waals surface area contributed by atoms with Crippen molar-refractivity contribution >= 4 is 71.2 Å². The van der Waals surface area contributed by atoms with Crippen molar-refractivity contribution in [1.82, 2.24) is 4.57 Å². The molecule has 0 radical (unpaired) electrons. The summed E-state index contributed by atoms with van der Waals surface area (Å²) in [5.41, 5.74) is 7.30. The molecule has 0 aliphatic heterocycles. The Morgan fingerprint density at radius 1 is 0.417 bits per heavy atom. The summed E-state index contributed by atoms with van der Waals surface area (Å²) in [7, 11) is 0. The lowest BCUT2D eigenvalue weighted by Gasteiger charge is -2.26. The predicted molar refractivity (Wildman–Crippen MR) is 205 cm³/mol. The molecule has 0 spiro atoms. The van der Waals surface area contributed by atoms with Crippen molar-refractivity contribution < 1.29 is 6.85 Å². The molecule has 0 bridgehead atoms. The molecule has 0 aliphatic carbocycles. The quantitative estimate of drug-likeness (QED) is 0.175. The maximum absolute atomic E-state index is 8.82. The van der Waals surface area contributed by atoms with Gasteiger partial charge in [0, 0.05) is 33.5 Å². The van der Waals surface area contributed by atoms with E-state index in [0.717, 1.165) is 43.7 Å². The Bertz CT molecular complexity index is 2910. The van der Waals surface area contributed by atoms with Crippen molar-refractivity contribution in [3.05, 3.63) is 182 Å². The summed E-state index contributed by atoms with van der Waals surface area (Å²) in [6, 6.07) is 50.9. The molecule has 1 heterocycles. The van der Waals surface area contributed by atoms with Crippen LogP contribution in [0.25, 0.3) is 70.9 Å². The third-order valence-corrected chi connectivity index (χ3v) is 9.54. The number of rotatable bonds is 5. The number of hydrogen-bond acceptors (Lipinski definition) is 1. The van der Waals surface area contributed by atoms with Gasteiger partial charge >= 0.3 is 0 Å². The van der Waals surface area contributed by atoms with Gasteiger partial charge in [0.15, 0.2) is 0 Å². The number of nitrogens with zero attached hydrogens (tertiary/aromatic N) is 2. The summed E-state index contributed by atoms with van der Waals surface area (Å²) in [4.78, 5) is 1.77. The molecule has 2 nitrogen and oxygen atoms in total. The zero-order chi connectivity index (χ0) is 36.0. The second kappa shape index (κ2) is 10.6. The minimum Gasteiger partial charge on any atom is -0.310 e. The van der Waals surface area contributed by atoms with Crippen LogP contribution in [0.15, 0.2) is 182 Å². The van der Waals surface area contributed by atoms with Gasteiger partial charge in [-0.05, 0) is 116 Å². The van der Waals surface area contributed by atoms with Gasteiger partial charge in [0.05, 0.1) is 17.9 Å². The Kier molecular flexibility index (Phi) is 4.89. The standard InChI is InChI=1S/C46H30N2/c1-3-11-37(12-4-1)47(38-13-5-2-6-14-38)40-29-34-21-19-32-27-36(28-33-20-22-35(30-40)46(34)45(32)33)31-23-25-39(26-24-31)48-43-17-9-7-15-41(43)42-16-8-10-18-44(42)48/h1-30H/i1D,3D,4D,11D,12D. The first-order valence-electron chi connectivity index (χ1n) is 18.6. The van der Waals surface area contributed by atoms with Gasteiger partial charge in [-0.2, -0.15) is 0 Å². The zero-order valence-corrected chi connectivity index (χ0v) is 25.8. The van der Waals surface area contributed by atoms with Crippen molar-refractivity contribution in [3.63, 3.8) is 0 Å². The van der Waals surface area contributed by atoms with E-state index in [9.17, 15) is 0 Å². The average molecular weight is 616 g/mol. The van der Waals surface area contributed by atoms with Crippen LogP contribution in [-0.4, -0.2) is 4.57 Å². The van der Waals surface area contributed by atoms with E-state index in [1.807, 2.05) is 30.3 Å². The SMILES string of the molecule is [2H]c1c([2H])c([2H])c(N(c2ccccc2)c2cc3ccc4cc(-c5ccc(-n6c7ccccc7c7ccccc76)cc5)cc5ccc(c2)c3c45)c([2H])c1[2H]. The predicted octanol–water partition coefficient (Wildman–Crippen LogP) is 12.8. The number of hydrogen-bond donors (Lipinski definition) is 0. The van der Waals surface area contributed by atoms with Gasteiger partial charge in [-0.1, -0.05) is 109 Å². The highest BCUT2D eigenvalue weighted by atomic mass is 15.1. The molecule has 1 aromatic heterocycles. The third-order valence-electron chi connectivity index (χ3n) is 9.54. The molecule has 9 aromatic carbocycles. The molecule has 48 heavy (non-hydrogen) atoms. The second-order valence-electron chi connectivity index (χ2n) is 12.3. The van der Waals surface area contributed by atoms with Gasteiger partial charge in [0.2, 0.25) is 0 Å². The summed E-state index contributed by atoms with van der Waals surface area (Å²) >= 11 is 0.